The number of carbonyl (C=O) groups excluding carboxylic acids is 1. The van der Waals surface area contributed by atoms with E-state index in [1.165, 1.54) is 12.1 Å². The number of amides is 1. The highest BCUT2D eigenvalue weighted by Gasteiger charge is 2.65. The smallest absolute Gasteiger partial charge is 0.307 e. The summed E-state index contributed by atoms with van der Waals surface area (Å²) in [6, 6.07) is 7.73. The van der Waals surface area contributed by atoms with Gasteiger partial charge in [0.2, 0.25) is 5.91 Å². The molecule has 0 saturated heterocycles. The Kier molecular flexibility index (Phi) is 3.87. The second kappa shape index (κ2) is 5.74. The van der Waals surface area contributed by atoms with E-state index in [0.29, 0.717) is 12.4 Å². The molecule has 7 heteroatoms. The van der Waals surface area contributed by atoms with E-state index in [2.05, 4.69) is 10.4 Å². The molecule has 1 saturated carbocycles. The first kappa shape index (κ1) is 16.2. The van der Waals surface area contributed by atoms with E-state index in [0.717, 1.165) is 5.56 Å². The quantitative estimate of drug-likeness (QED) is 0.881. The van der Waals surface area contributed by atoms with Crippen molar-refractivity contribution < 1.29 is 19.1 Å². The third-order valence-corrected chi connectivity index (χ3v) is 4.53. The summed E-state index contributed by atoms with van der Waals surface area (Å²) in [6.07, 6.45) is 1.70. The van der Waals surface area contributed by atoms with Crippen LogP contribution in [-0.4, -0.2) is 26.8 Å². The number of nitrogens with one attached hydrogen (secondary N) is 1. The van der Waals surface area contributed by atoms with Crippen molar-refractivity contribution in [2.75, 3.05) is 5.32 Å². The van der Waals surface area contributed by atoms with Crippen molar-refractivity contribution in [1.29, 1.82) is 0 Å². The van der Waals surface area contributed by atoms with E-state index >= 15 is 0 Å². The molecule has 2 aromatic rings. The van der Waals surface area contributed by atoms with Gasteiger partial charge >= 0.3 is 5.97 Å². The largest absolute Gasteiger partial charge is 0.481 e. The molecule has 1 fully saturated rings. The Hall–Kier alpha value is -2.70. The van der Waals surface area contributed by atoms with Gasteiger partial charge in [0.05, 0.1) is 18.4 Å². The highest BCUT2D eigenvalue weighted by Crippen LogP contribution is 2.58. The summed E-state index contributed by atoms with van der Waals surface area (Å²) in [4.78, 5) is 23.4. The number of hydrogen-bond acceptors (Lipinski definition) is 3. The minimum Gasteiger partial charge on any atom is -0.481 e. The monoisotopic (exact) mass is 331 g/mol. The Bertz CT molecular complexity index is 783. The van der Waals surface area contributed by atoms with Crippen molar-refractivity contribution in [3.8, 4) is 0 Å². The Balaban J connectivity index is 1.63. The predicted molar refractivity (Wildman–Crippen MR) is 84.8 cm³/mol. The number of carboxylic acids is 1. The van der Waals surface area contributed by atoms with Crippen LogP contribution in [0.5, 0.6) is 0 Å². The summed E-state index contributed by atoms with van der Waals surface area (Å²) in [7, 11) is 0. The predicted octanol–water partition coefficient (Wildman–Crippen LogP) is 2.37. The van der Waals surface area contributed by atoms with E-state index in [-0.39, 0.29) is 11.7 Å². The number of carboxylic acid groups (broad SMARTS) is 1. The normalized spacial score (nSPS) is 21.3. The van der Waals surface area contributed by atoms with Gasteiger partial charge in [0.25, 0.3) is 0 Å². The lowest BCUT2D eigenvalue weighted by Crippen LogP contribution is -2.18. The lowest BCUT2D eigenvalue weighted by atomic mass is 10.1. The summed E-state index contributed by atoms with van der Waals surface area (Å²) in [5, 5.41) is 16.0. The van der Waals surface area contributed by atoms with Crippen LogP contribution in [-0.2, 0) is 16.1 Å². The van der Waals surface area contributed by atoms with Gasteiger partial charge in [-0.1, -0.05) is 26.0 Å². The van der Waals surface area contributed by atoms with Gasteiger partial charge in [-0.25, -0.2) is 4.39 Å². The molecule has 1 aromatic carbocycles. The molecule has 1 heterocycles. The van der Waals surface area contributed by atoms with Gasteiger partial charge in [0, 0.05) is 12.3 Å². The van der Waals surface area contributed by atoms with Crippen LogP contribution < -0.4 is 5.32 Å². The Morgan fingerprint density at radius 3 is 2.50 bits per heavy atom. The zero-order chi connectivity index (χ0) is 17.5. The number of benzene rings is 1. The number of nitrogens with zero attached hydrogens (tertiary/aromatic N) is 2. The van der Waals surface area contributed by atoms with Crippen LogP contribution in [0.1, 0.15) is 19.4 Å². The van der Waals surface area contributed by atoms with Crippen LogP contribution in [0.4, 0.5) is 10.2 Å². The molecule has 0 unspecified atom stereocenters. The van der Waals surface area contributed by atoms with Crippen LogP contribution >= 0.6 is 0 Å². The molecule has 0 radical (unpaired) electrons. The highest BCUT2D eigenvalue weighted by molar-refractivity contribution is 5.99. The Labute approximate surface area is 138 Å². The SMILES string of the molecule is CC1(C)[C@H](C(=O)O)[C@H]1C(=O)Nc1ccn(Cc2ccc(F)cc2)n1. The van der Waals surface area contributed by atoms with E-state index in [1.54, 1.807) is 42.9 Å². The number of hydrogen-bond donors (Lipinski definition) is 2. The summed E-state index contributed by atoms with van der Waals surface area (Å²) in [6.45, 7) is 3.98. The Morgan fingerprint density at radius 2 is 1.92 bits per heavy atom. The molecule has 1 aliphatic carbocycles. The number of aliphatic carboxylic acids is 1. The molecule has 2 atom stereocenters. The molecular formula is C17H18FN3O3. The molecule has 0 bridgehead atoms. The molecule has 0 spiro atoms. The van der Waals surface area contributed by atoms with Crippen LogP contribution in [0.2, 0.25) is 0 Å². The molecule has 1 aliphatic rings. The molecule has 126 valence electrons. The molecule has 3 rings (SSSR count). The van der Waals surface area contributed by atoms with E-state index < -0.39 is 23.2 Å². The number of halogens is 1. The van der Waals surface area contributed by atoms with Gasteiger partial charge in [-0.05, 0) is 23.1 Å². The fourth-order valence-electron chi connectivity index (χ4n) is 3.09. The van der Waals surface area contributed by atoms with Crippen LogP contribution in [0.3, 0.4) is 0 Å². The first-order valence-electron chi connectivity index (χ1n) is 7.60. The standard InChI is InChI=1S/C17H18FN3O3/c1-17(2)13(14(17)16(23)24)15(22)19-12-7-8-21(20-12)9-10-3-5-11(18)6-4-10/h3-8,13-14H,9H2,1-2H3,(H,23,24)(H,19,20,22)/t13-,14-/m0/s1. The van der Waals surface area contributed by atoms with Crippen molar-refractivity contribution in [3.05, 3.63) is 47.9 Å². The number of aromatic nitrogens is 2. The minimum absolute atomic E-state index is 0.299. The molecular weight excluding hydrogens is 313 g/mol. The fourth-order valence-corrected chi connectivity index (χ4v) is 3.09. The molecule has 1 aromatic heterocycles. The van der Waals surface area contributed by atoms with Crippen molar-refractivity contribution in [3.63, 3.8) is 0 Å². The van der Waals surface area contributed by atoms with Gasteiger partial charge in [-0.2, -0.15) is 5.10 Å². The molecule has 0 aliphatic heterocycles. The maximum atomic E-state index is 12.9. The Morgan fingerprint density at radius 1 is 1.25 bits per heavy atom. The van der Waals surface area contributed by atoms with Crippen molar-refractivity contribution in [2.45, 2.75) is 20.4 Å². The molecule has 1 amide bonds. The summed E-state index contributed by atoms with van der Waals surface area (Å²) in [5.74, 6) is -2.45. The van der Waals surface area contributed by atoms with Gasteiger partial charge in [-0.3, -0.25) is 14.3 Å². The first-order valence-corrected chi connectivity index (χ1v) is 7.60. The molecule has 2 N–H and O–H groups in total. The first-order chi connectivity index (χ1) is 11.3. The highest BCUT2D eigenvalue weighted by atomic mass is 19.1. The maximum absolute atomic E-state index is 12.9. The van der Waals surface area contributed by atoms with Crippen molar-refractivity contribution in [1.82, 2.24) is 9.78 Å². The maximum Gasteiger partial charge on any atom is 0.307 e. The summed E-state index contributed by atoms with van der Waals surface area (Å²) >= 11 is 0. The lowest BCUT2D eigenvalue weighted by Gasteiger charge is -2.04. The zero-order valence-electron chi connectivity index (χ0n) is 13.4. The number of rotatable bonds is 5. The average molecular weight is 331 g/mol. The van der Waals surface area contributed by atoms with Gasteiger partial charge in [-0.15, -0.1) is 0 Å². The summed E-state index contributed by atoms with van der Waals surface area (Å²) in [5.41, 5.74) is 0.332. The minimum atomic E-state index is -0.956. The third kappa shape index (κ3) is 3.02. The second-order valence-corrected chi connectivity index (χ2v) is 6.63. The van der Waals surface area contributed by atoms with Gasteiger partial charge < -0.3 is 10.4 Å². The molecule has 24 heavy (non-hydrogen) atoms. The third-order valence-electron chi connectivity index (χ3n) is 4.53. The molecule has 6 nitrogen and oxygen atoms in total. The van der Waals surface area contributed by atoms with E-state index in [1.807, 2.05) is 0 Å². The lowest BCUT2D eigenvalue weighted by molar-refractivity contribution is -0.140. The van der Waals surface area contributed by atoms with E-state index in [4.69, 9.17) is 5.11 Å². The van der Waals surface area contributed by atoms with Gasteiger partial charge in [0.1, 0.15) is 5.82 Å². The van der Waals surface area contributed by atoms with Crippen LogP contribution in [0, 0.1) is 23.1 Å². The second-order valence-electron chi connectivity index (χ2n) is 6.63. The van der Waals surface area contributed by atoms with Crippen LogP contribution in [0.25, 0.3) is 0 Å². The topological polar surface area (TPSA) is 84.2 Å². The summed E-state index contributed by atoms with van der Waals surface area (Å²) < 4.78 is 14.5. The zero-order valence-corrected chi connectivity index (χ0v) is 13.4. The van der Waals surface area contributed by atoms with Crippen LogP contribution in [0.15, 0.2) is 36.5 Å². The van der Waals surface area contributed by atoms with Crippen molar-refractivity contribution >= 4 is 17.7 Å². The van der Waals surface area contributed by atoms with Crippen molar-refractivity contribution in [2.24, 2.45) is 17.3 Å². The number of carbonyl (C=O) groups is 2. The van der Waals surface area contributed by atoms with Gasteiger partial charge in [0.15, 0.2) is 5.82 Å². The fraction of sp³-hybridized carbons (Fsp3) is 0.353. The van der Waals surface area contributed by atoms with E-state index in [9.17, 15) is 14.0 Å². The number of anilines is 1. The average Bonchev–Trinajstić information content (AvgIpc) is 2.85.